The van der Waals surface area contributed by atoms with E-state index in [1.54, 1.807) is 7.05 Å². The van der Waals surface area contributed by atoms with Gasteiger partial charge >= 0.3 is 0 Å². The Kier molecular flexibility index (Phi) is 6.28. The van der Waals surface area contributed by atoms with E-state index >= 15 is 0 Å². The van der Waals surface area contributed by atoms with Crippen LogP contribution in [0.5, 0.6) is 0 Å². The Hall–Kier alpha value is -1.75. The van der Waals surface area contributed by atoms with Crippen LogP contribution in [0, 0.1) is 0 Å². The van der Waals surface area contributed by atoms with E-state index < -0.39 is 0 Å². The highest BCUT2D eigenvalue weighted by atomic mass is 32.2. The second-order valence-corrected chi connectivity index (χ2v) is 7.57. The topological polar surface area (TPSA) is 49.3 Å². The molecule has 0 aliphatic heterocycles. The number of fused-ring (bicyclic) bond motifs is 1. The number of nitrogens with one attached hydrogen (secondary N) is 2. The number of thioether (sulfide) groups is 1. The van der Waals surface area contributed by atoms with Gasteiger partial charge in [0, 0.05) is 36.5 Å². The van der Waals surface area contributed by atoms with Crippen molar-refractivity contribution in [3.05, 3.63) is 42.1 Å². The Labute approximate surface area is 143 Å². The van der Waals surface area contributed by atoms with Gasteiger partial charge in [-0.2, -0.15) is 11.8 Å². The molecule has 23 heavy (non-hydrogen) atoms. The predicted molar refractivity (Wildman–Crippen MR) is 102 cm³/mol. The molecule has 0 bridgehead atoms. The molecule has 0 atom stereocenters. The first-order valence-corrected chi connectivity index (χ1v) is 9.10. The lowest BCUT2D eigenvalue weighted by molar-refractivity contribution is 0.664. The maximum Gasteiger partial charge on any atom is 0.191 e. The number of hydrogen-bond acceptors (Lipinski definition) is 3. The molecule has 2 N–H and O–H groups in total. The monoisotopic (exact) mass is 330 g/mol. The molecule has 0 saturated heterocycles. The average molecular weight is 331 g/mol. The second kappa shape index (κ2) is 8.20. The minimum Gasteiger partial charge on any atom is -0.356 e. The third kappa shape index (κ3) is 5.13. The fourth-order valence-corrected chi connectivity index (χ4v) is 2.49. The Morgan fingerprint density at radius 2 is 2.00 bits per heavy atom. The Morgan fingerprint density at radius 1 is 1.22 bits per heavy atom. The van der Waals surface area contributed by atoms with Crippen molar-refractivity contribution in [1.29, 1.82) is 0 Å². The molecule has 0 aliphatic carbocycles. The normalized spacial score (nSPS) is 12.4. The summed E-state index contributed by atoms with van der Waals surface area (Å²) in [7, 11) is 1.81. The quantitative estimate of drug-likeness (QED) is 0.631. The van der Waals surface area contributed by atoms with Gasteiger partial charge in [-0.3, -0.25) is 9.98 Å². The highest BCUT2D eigenvalue weighted by Crippen LogP contribution is 2.19. The molecule has 1 heterocycles. The molecule has 0 unspecified atom stereocenters. The van der Waals surface area contributed by atoms with E-state index in [4.69, 9.17) is 0 Å². The van der Waals surface area contributed by atoms with Gasteiger partial charge in [0.1, 0.15) is 0 Å². The van der Waals surface area contributed by atoms with Gasteiger partial charge < -0.3 is 10.6 Å². The molecule has 2 aromatic rings. The van der Waals surface area contributed by atoms with Crippen LogP contribution in [0.15, 0.2) is 41.5 Å². The van der Waals surface area contributed by atoms with Crippen LogP contribution in [-0.4, -0.2) is 42.1 Å². The van der Waals surface area contributed by atoms with Crippen molar-refractivity contribution >= 4 is 28.6 Å². The van der Waals surface area contributed by atoms with E-state index in [2.05, 4.69) is 65.0 Å². The van der Waals surface area contributed by atoms with Gasteiger partial charge in [-0.25, -0.2) is 0 Å². The fraction of sp³-hybridized carbons (Fsp3) is 0.444. The molecule has 0 aliphatic rings. The number of nitrogens with zero attached hydrogens (tertiary/aromatic N) is 2. The summed E-state index contributed by atoms with van der Waals surface area (Å²) in [5, 5.41) is 7.96. The maximum atomic E-state index is 4.50. The summed E-state index contributed by atoms with van der Waals surface area (Å²) in [6, 6.07) is 10.4. The first kappa shape index (κ1) is 17.6. The van der Waals surface area contributed by atoms with Gasteiger partial charge in [-0.15, -0.1) is 0 Å². The van der Waals surface area contributed by atoms with E-state index in [1.165, 1.54) is 10.9 Å². The Morgan fingerprint density at radius 3 is 2.74 bits per heavy atom. The van der Waals surface area contributed by atoms with Gasteiger partial charge in [0.2, 0.25) is 0 Å². The summed E-state index contributed by atoms with van der Waals surface area (Å²) >= 11 is 1.85. The highest BCUT2D eigenvalue weighted by molar-refractivity contribution is 7.99. The largest absolute Gasteiger partial charge is 0.356 e. The van der Waals surface area contributed by atoms with E-state index in [1.807, 2.05) is 24.0 Å². The van der Waals surface area contributed by atoms with Crippen LogP contribution in [0.4, 0.5) is 0 Å². The summed E-state index contributed by atoms with van der Waals surface area (Å²) in [6.07, 6.45) is 4.90. The first-order valence-electron chi connectivity index (χ1n) is 7.88. The third-order valence-electron chi connectivity index (χ3n) is 3.86. The molecule has 0 saturated carbocycles. The highest BCUT2D eigenvalue weighted by Gasteiger charge is 2.16. The zero-order valence-electron chi connectivity index (χ0n) is 14.4. The van der Waals surface area contributed by atoms with Crippen molar-refractivity contribution in [3.63, 3.8) is 0 Å². The van der Waals surface area contributed by atoms with Gasteiger partial charge in [-0.05, 0) is 38.2 Å². The van der Waals surface area contributed by atoms with E-state index in [9.17, 15) is 0 Å². The van der Waals surface area contributed by atoms with Crippen LogP contribution >= 0.6 is 11.8 Å². The number of para-hydroxylation sites is 1. The molecule has 1 aromatic carbocycles. The van der Waals surface area contributed by atoms with E-state index in [-0.39, 0.29) is 4.75 Å². The molecule has 0 amide bonds. The van der Waals surface area contributed by atoms with E-state index in [0.29, 0.717) is 0 Å². The number of guanidine groups is 1. The molecular weight excluding hydrogens is 304 g/mol. The Balaban J connectivity index is 1.90. The minimum absolute atomic E-state index is 0.192. The molecule has 0 radical (unpaired) electrons. The van der Waals surface area contributed by atoms with Crippen molar-refractivity contribution in [2.45, 2.75) is 25.0 Å². The molecule has 124 valence electrons. The molecule has 0 spiro atoms. The number of pyridine rings is 1. The smallest absolute Gasteiger partial charge is 0.191 e. The standard InChI is InChI=1S/C18H26N4S/c1-18(2,23-4)13-22-17(19-3)21-12-10-15-8-5-7-14-9-6-11-20-16(14)15/h5-9,11H,10,12-13H2,1-4H3,(H2,19,21,22). The van der Waals surface area contributed by atoms with Crippen molar-refractivity contribution in [1.82, 2.24) is 15.6 Å². The molecule has 0 fully saturated rings. The molecule has 2 rings (SSSR count). The number of rotatable bonds is 6. The predicted octanol–water partition coefficient (Wildman–Crippen LogP) is 3.08. The number of benzene rings is 1. The minimum atomic E-state index is 0.192. The maximum absolute atomic E-state index is 4.50. The third-order valence-corrected chi connectivity index (χ3v) is 5.11. The summed E-state index contributed by atoms with van der Waals surface area (Å²) in [4.78, 5) is 8.79. The summed E-state index contributed by atoms with van der Waals surface area (Å²) < 4.78 is 0.192. The van der Waals surface area contributed by atoms with Crippen LogP contribution in [0.25, 0.3) is 10.9 Å². The van der Waals surface area contributed by atoms with Crippen molar-refractivity contribution in [3.8, 4) is 0 Å². The number of aromatic nitrogens is 1. The van der Waals surface area contributed by atoms with Crippen LogP contribution in [-0.2, 0) is 6.42 Å². The fourth-order valence-electron chi connectivity index (χ4n) is 2.27. The van der Waals surface area contributed by atoms with Gasteiger partial charge in [-0.1, -0.05) is 24.3 Å². The van der Waals surface area contributed by atoms with Crippen LogP contribution in [0.2, 0.25) is 0 Å². The van der Waals surface area contributed by atoms with Crippen molar-refractivity contribution in [2.75, 3.05) is 26.4 Å². The lowest BCUT2D eigenvalue weighted by atomic mass is 10.1. The Bertz CT molecular complexity index is 662. The number of hydrogen-bond donors (Lipinski definition) is 2. The molecule has 4 nitrogen and oxygen atoms in total. The average Bonchev–Trinajstić information content (AvgIpc) is 2.58. The second-order valence-electron chi connectivity index (χ2n) is 6.06. The van der Waals surface area contributed by atoms with Crippen molar-refractivity contribution < 1.29 is 0 Å². The zero-order valence-corrected chi connectivity index (χ0v) is 15.2. The van der Waals surface area contributed by atoms with Crippen LogP contribution in [0.1, 0.15) is 19.4 Å². The summed E-state index contributed by atoms with van der Waals surface area (Å²) in [6.45, 7) is 6.15. The lowest BCUT2D eigenvalue weighted by Crippen LogP contribution is -2.43. The zero-order chi connectivity index (χ0) is 16.7. The molecular formula is C18H26N4S. The van der Waals surface area contributed by atoms with Gasteiger partial charge in [0.05, 0.1) is 5.52 Å². The lowest BCUT2D eigenvalue weighted by Gasteiger charge is -2.23. The molecule has 1 aromatic heterocycles. The van der Waals surface area contributed by atoms with Crippen LogP contribution < -0.4 is 10.6 Å². The number of aliphatic imine (C=N–C) groups is 1. The first-order chi connectivity index (χ1) is 11.1. The van der Waals surface area contributed by atoms with Gasteiger partial charge in [0.15, 0.2) is 5.96 Å². The molecule has 5 heteroatoms. The van der Waals surface area contributed by atoms with Gasteiger partial charge in [0.25, 0.3) is 0 Å². The summed E-state index contributed by atoms with van der Waals surface area (Å²) in [5.41, 5.74) is 2.35. The van der Waals surface area contributed by atoms with Crippen LogP contribution in [0.3, 0.4) is 0 Å². The van der Waals surface area contributed by atoms with E-state index in [0.717, 1.165) is 31.0 Å². The SMILES string of the molecule is CN=C(NCCc1cccc2cccnc12)NCC(C)(C)SC. The van der Waals surface area contributed by atoms with Crippen molar-refractivity contribution in [2.24, 2.45) is 4.99 Å². The summed E-state index contributed by atoms with van der Waals surface area (Å²) in [5.74, 6) is 0.848.